The quantitative estimate of drug-likeness (QED) is 0.544. The molecule has 1 aromatic heterocycles. The number of rotatable bonds is 6. The number of benzene rings is 2. The number of amides is 1. The third kappa shape index (κ3) is 4.31. The van der Waals surface area contributed by atoms with Crippen LogP contribution < -0.4 is 19.5 Å². The molecule has 1 aliphatic heterocycles. The Balaban J connectivity index is 1.78. The van der Waals surface area contributed by atoms with Gasteiger partial charge in [-0.25, -0.2) is 0 Å². The van der Waals surface area contributed by atoms with Crippen LogP contribution >= 0.6 is 11.8 Å². The van der Waals surface area contributed by atoms with E-state index in [1.807, 2.05) is 37.3 Å². The summed E-state index contributed by atoms with van der Waals surface area (Å²) in [5, 5.41) is 4.35. The summed E-state index contributed by atoms with van der Waals surface area (Å²) in [5.74, 6) is 2.70. The summed E-state index contributed by atoms with van der Waals surface area (Å²) in [6, 6.07) is 9.40. The van der Waals surface area contributed by atoms with Crippen molar-refractivity contribution in [2.24, 2.45) is 4.99 Å². The van der Waals surface area contributed by atoms with Gasteiger partial charge in [0.25, 0.3) is 0 Å². The zero-order chi connectivity index (χ0) is 22.7. The van der Waals surface area contributed by atoms with E-state index in [4.69, 9.17) is 18.6 Å². The number of fused-ring (bicyclic) bond motifs is 1. The van der Waals surface area contributed by atoms with Crippen LogP contribution in [0.15, 0.2) is 52.1 Å². The lowest BCUT2D eigenvalue weighted by Gasteiger charge is -2.12. The third-order valence-corrected chi connectivity index (χ3v) is 6.07. The highest BCUT2D eigenvalue weighted by Gasteiger charge is 2.18. The first-order valence-corrected chi connectivity index (χ1v) is 11.0. The third-order valence-electron chi connectivity index (χ3n) is 5.18. The van der Waals surface area contributed by atoms with Gasteiger partial charge in [0.2, 0.25) is 5.91 Å². The van der Waals surface area contributed by atoms with Crippen LogP contribution in [0, 0.1) is 0 Å². The second-order valence-electron chi connectivity index (χ2n) is 7.12. The first-order valence-electron chi connectivity index (χ1n) is 10.0. The number of carbonyl (C=O) groups is 1. The minimum atomic E-state index is -0.223. The van der Waals surface area contributed by atoms with Gasteiger partial charge in [-0.15, -0.1) is 0 Å². The van der Waals surface area contributed by atoms with E-state index in [1.54, 1.807) is 33.7 Å². The average Bonchev–Trinajstić information content (AvgIpc) is 3.46. The second-order valence-corrected chi connectivity index (χ2v) is 8.20. The van der Waals surface area contributed by atoms with Gasteiger partial charge in [-0.2, -0.15) is 0 Å². The molecular weight excluding hydrogens is 428 g/mol. The molecule has 1 N–H and O–H groups in total. The number of aliphatic imine (C=N–C) groups is 1. The molecule has 0 radical (unpaired) electrons. The number of allylic oxidation sites excluding steroid dienone is 1. The van der Waals surface area contributed by atoms with Gasteiger partial charge in [-0.05, 0) is 36.8 Å². The van der Waals surface area contributed by atoms with Crippen molar-refractivity contribution in [2.75, 3.05) is 33.6 Å². The molecule has 0 bridgehead atoms. The molecule has 1 aliphatic rings. The molecule has 0 unspecified atom stereocenters. The number of furan rings is 1. The molecule has 32 heavy (non-hydrogen) atoms. The molecule has 2 aromatic carbocycles. The summed E-state index contributed by atoms with van der Waals surface area (Å²) in [6.45, 7) is 2.60. The average molecular weight is 453 g/mol. The summed E-state index contributed by atoms with van der Waals surface area (Å²) in [7, 11) is 4.84. The SMILES string of the molecule is COc1ccc(OC)c(-c2coc3cc(OC)c(/C(C)=C/C(=O)NC4=NCCS4)cc23)c1. The Bertz CT molecular complexity index is 1230. The zero-order valence-electron chi connectivity index (χ0n) is 18.4. The van der Waals surface area contributed by atoms with E-state index in [9.17, 15) is 4.79 Å². The van der Waals surface area contributed by atoms with Gasteiger partial charge in [-0.1, -0.05) is 11.8 Å². The zero-order valence-corrected chi connectivity index (χ0v) is 19.2. The van der Waals surface area contributed by atoms with Gasteiger partial charge in [0.05, 0.1) is 34.1 Å². The van der Waals surface area contributed by atoms with Gasteiger partial charge in [0.1, 0.15) is 22.8 Å². The van der Waals surface area contributed by atoms with E-state index in [2.05, 4.69) is 10.3 Å². The molecule has 4 rings (SSSR count). The highest BCUT2D eigenvalue weighted by atomic mass is 32.2. The smallest absolute Gasteiger partial charge is 0.250 e. The highest BCUT2D eigenvalue weighted by molar-refractivity contribution is 8.14. The number of thioether (sulfide) groups is 1. The predicted octanol–water partition coefficient (Wildman–Crippen LogP) is 4.75. The number of hydrogen-bond acceptors (Lipinski definition) is 7. The molecule has 0 saturated heterocycles. The maximum atomic E-state index is 12.5. The number of hydrogen-bond donors (Lipinski definition) is 1. The number of carbonyl (C=O) groups excluding carboxylic acids is 1. The summed E-state index contributed by atoms with van der Waals surface area (Å²) in [4.78, 5) is 16.7. The van der Waals surface area contributed by atoms with E-state index in [1.165, 1.54) is 11.8 Å². The molecule has 0 saturated carbocycles. The molecule has 7 nitrogen and oxygen atoms in total. The lowest BCUT2D eigenvalue weighted by Crippen LogP contribution is -2.25. The van der Waals surface area contributed by atoms with Gasteiger partial charge in [0.15, 0.2) is 5.17 Å². The largest absolute Gasteiger partial charge is 0.497 e. The Morgan fingerprint density at radius 3 is 2.59 bits per heavy atom. The van der Waals surface area contributed by atoms with Crippen molar-refractivity contribution in [2.45, 2.75) is 6.92 Å². The summed E-state index contributed by atoms with van der Waals surface area (Å²) >= 11 is 1.54. The van der Waals surface area contributed by atoms with Gasteiger partial charge in [-0.3, -0.25) is 9.79 Å². The van der Waals surface area contributed by atoms with Crippen LogP contribution in [0.3, 0.4) is 0 Å². The van der Waals surface area contributed by atoms with Gasteiger partial charge in [0, 0.05) is 40.0 Å². The minimum Gasteiger partial charge on any atom is -0.497 e. The van der Waals surface area contributed by atoms with E-state index in [0.29, 0.717) is 28.0 Å². The van der Waals surface area contributed by atoms with Crippen LogP contribution in [-0.4, -0.2) is 44.7 Å². The van der Waals surface area contributed by atoms with E-state index in [0.717, 1.165) is 39.9 Å². The summed E-state index contributed by atoms with van der Waals surface area (Å²) in [6.07, 6.45) is 3.24. The maximum Gasteiger partial charge on any atom is 0.250 e. The van der Waals surface area contributed by atoms with Crippen molar-refractivity contribution in [1.29, 1.82) is 0 Å². The standard InChI is InChI=1S/C24H24N2O5S/c1-14(9-23(27)26-24-25-7-8-32-24)16-11-18-19(13-31-22(18)12-21(16)30-4)17-10-15(28-2)5-6-20(17)29-3/h5-6,9-13H,7-8H2,1-4H3,(H,25,26,27)/b14-9+. The molecule has 166 valence electrons. The van der Waals surface area contributed by atoms with Crippen LogP contribution in [0.5, 0.6) is 17.2 Å². The van der Waals surface area contributed by atoms with Crippen molar-refractivity contribution in [3.63, 3.8) is 0 Å². The fraction of sp³-hybridized carbons (Fsp3) is 0.250. The Hall–Kier alpha value is -3.39. The van der Waals surface area contributed by atoms with E-state index in [-0.39, 0.29) is 5.91 Å². The van der Waals surface area contributed by atoms with Crippen molar-refractivity contribution in [3.05, 3.63) is 48.2 Å². The highest BCUT2D eigenvalue weighted by Crippen LogP contribution is 2.41. The Morgan fingerprint density at radius 1 is 1.09 bits per heavy atom. The molecular formula is C24H24N2O5S. The van der Waals surface area contributed by atoms with E-state index < -0.39 is 0 Å². The second kappa shape index (κ2) is 9.40. The molecule has 3 aromatic rings. The predicted molar refractivity (Wildman–Crippen MR) is 128 cm³/mol. The van der Waals surface area contributed by atoms with Crippen LogP contribution in [0.4, 0.5) is 0 Å². The fourth-order valence-corrected chi connectivity index (χ4v) is 4.32. The Morgan fingerprint density at radius 2 is 1.91 bits per heavy atom. The molecule has 0 spiro atoms. The normalized spacial score (nSPS) is 13.8. The van der Waals surface area contributed by atoms with Crippen LogP contribution in [0.1, 0.15) is 12.5 Å². The van der Waals surface area contributed by atoms with Gasteiger partial charge >= 0.3 is 0 Å². The van der Waals surface area contributed by atoms with E-state index >= 15 is 0 Å². The summed E-state index contributed by atoms with van der Waals surface area (Å²) in [5.41, 5.74) is 3.92. The fourth-order valence-electron chi connectivity index (χ4n) is 3.59. The van der Waals surface area contributed by atoms with Gasteiger partial charge < -0.3 is 23.9 Å². The maximum absolute atomic E-state index is 12.5. The molecule has 0 atom stereocenters. The Kier molecular flexibility index (Phi) is 6.41. The lowest BCUT2D eigenvalue weighted by molar-refractivity contribution is -0.115. The van der Waals surface area contributed by atoms with Crippen molar-refractivity contribution in [3.8, 4) is 28.4 Å². The van der Waals surface area contributed by atoms with Crippen LogP contribution in [0.25, 0.3) is 27.7 Å². The molecule has 1 amide bonds. The first kappa shape index (κ1) is 21.8. The monoisotopic (exact) mass is 452 g/mol. The minimum absolute atomic E-state index is 0.223. The van der Waals surface area contributed by atoms with Crippen LogP contribution in [0.2, 0.25) is 0 Å². The van der Waals surface area contributed by atoms with Crippen molar-refractivity contribution >= 4 is 39.4 Å². The topological polar surface area (TPSA) is 82.3 Å². The summed E-state index contributed by atoms with van der Waals surface area (Å²) < 4.78 is 22.4. The van der Waals surface area contributed by atoms with Crippen LogP contribution in [-0.2, 0) is 4.79 Å². The first-order chi connectivity index (χ1) is 15.5. The molecule has 0 fully saturated rings. The molecule has 2 heterocycles. The van der Waals surface area contributed by atoms with Crippen molar-refractivity contribution < 1.29 is 23.4 Å². The molecule has 0 aliphatic carbocycles. The number of methoxy groups -OCH3 is 3. The number of nitrogens with one attached hydrogen (secondary N) is 1. The Labute approximate surface area is 190 Å². The van der Waals surface area contributed by atoms with Crippen molar-refractivity contribution in [1.82, 2.24) is 5.32 Å². The molecule has 8 heteroatoms. The number of ether oxygens (including phenoxy) is 3. The number of amidine groups is 1. The lowest BCUT2D eigenvalue weighted by atomic mass is 9.98. The number of nitrogens with zero attached hydrogens (tertiary/aromatic N) is 1.